The van der Waals surface area contributed by atoms with Gasteiger partial charge in [-0.3, -0.25) is 4.79 Å². The molecule has 0 saturated heterocycles. The molecule has 5 aromatic rings. The first-order valence-corrected chi connectivity index (χ1v) is 10.6. The van der Waals surface area contributed by atoms with E-state index < -0.39 is 0 Å². The Morgan fingerprint density at radius 3 is 2.45 bits per heavy atom. The van der Waals surface area contributed by atoms with Gasteiger partial charge in [0, 0.05) is 33.3 Å². The second-order valence-corrected chi connectivity index (χ2v) is 8.14. The van der Waals surface area contributed by atoms with E-state index in [1.165, 1.54) is 11.8 Å². The van der Waals surface area contributed by atoms with Crippen LogP contribution in [0.4, 0.5) is 0 Å². The van der Waals surface area contributed by atoms with Gasteiger partial charge in [-0.05, 0) is 37.6 Å². The normalized spacial score (nSPS) is 11.3. The number of hydrogen-bond acceptors (Lipinski definition) is 7. The van der Waals surface area contributed by atoms with Crippen LogP contribution in [0.3, 0.4) is 0 Å². The van der Waals surface area contributed by atoms with Crippen molar-refractivity contribution in [2.24, 2.45) is 0 Å². The topological polar surface area (TPSA) is 97.8 Å². The summed E-state index contributed by atoms with van der Waals surface area (Å²) in [5.41, 5.74) is 6.45. The zero-order valence-corrected chi connectivity index (χ0v) is 17.7. The van der Waals surface area contributed by atoms with Gasteiger partial charge in [-0.2, -0.15) is 0 Å². The molecule has 0 bridgehead atoms. The Morgan fingerprint density at radius 2 is 1.74 bits per heavy atom. The van der Waals surface area contributed by atoms with Gasteiger partial charge in [0.1, 0.15) is 11.4 Å². The summed E-state index contributed by atoms with van der Waals surface area (Å²) in [6, 6.07) is 9.65. The monoisotopic (exact) mass is 430 g/mol. The van der Waals surface area contributed by atoms with Crippen molar-refractivity contribution in [1.82, 2.24) is 20.2 Å². The number of furan rings is 2. The molecule has 4 aromatic heterocycles. The number of carbonyl (C=O) groups excluding carboxylic acids is 1. The van der Waals surface area contributed by atoms with Crippen LogP contribution in [0.25, 0.3) is 33.4 Å². The number of nitrogens with zero attached hydrogens (tertiary/aromatic N) is 3. The van der Waals surface area contributed by atoms with Crippen LogP contribution in [-0.2, 0) is 0 Å². The molecule has 0 radical (unpaired) electrons. The van der Waals surface area contributed by atoms with Gasteiger partial charge in [0.05, 0.1) is 30.8 Å². The highest BCUT2D eigenvalue weighted by molar-refractivity contribution is 7.99. The lowest BCUT2D eigenvalue weighted by Gasteiger charge is -2.06. The number of aromatic amines is 1. The Labute approximate surface area is 181 Å². The lowest BCUT2D eigenvalue weighted by Crippen LogP contribution is -2.05. The second kappa shape index (κ2) is 7.88. The first kappa shape index (κ1) is 19.3. The van der Waals surface area contributed by atoms with E-state index in [-0.39, 0.29) is 11.5 Å². The van der Waals surface area contributed by atoms with Gasteiger partial charge < -0.3 is 13.8 Å². The van der Waals surface area contributed by atoms with E-state index in [1.54, 1.807) is 31.1 Å². The number of nitrogens with one attached hydrogen (secondary N) is 1. The number of ketones is 1. The molecule has 1 aromatic carbocycles. The van der Waals surface area contributed by atoms with Gasteiger partial charge in [-0.1, -0.05) is 23.9 Å². The molecule has 0 aliphatic heterocycles. The molecule has 0 unspecified atom stereocenters. The molecule has 0 amide bonds. The summed E-state index contributed by atoms with van der Waals surface area (Å²) in [7, 11) is 0. The number of hydrogen-bond donors (Lipinski definition) is 1. The van der Waals surface area contributed by atoms with Crippen molar-refractivity contribution >= 4 is 28.4 Å². The fourth-order valence-electron chi connectivity index (χ4n) is 3.57. The summed E-state index contributed by atoms with van der Waals surface area (Å²) in [4.78, 5) is 21.0. The van der Waals surface area contributed by atoms with Gasteiger partial charge in [0.2, 0.25) is 5.16 Å². The maximum Gasteiger partial charge on any atom is 0.210 e. The molecule has 0 aliphatic carbocycles. The van der Waals surface area contributed by atoms with Crippen LogP contribution >= 0.6 is 11.8 Å². The van der Waals surface area contributed by atoms with Crippen molar-refractivity contribution in [2.75, 3.05) is 5.75 Å². The van der Waals surface area contributed by atoms with Crippen molar-refractivity contribution in [3.8, 4) is 22.5 Å². The highest BCUT2D eigenvalue weighted by Crippen LogP contribution is 2.31. The summed E-state index contributed by atoms with van der Waals surface area (Å²) >= 11 is 1.26. The molecule has 5 rings (SSSR count). The van der Waals surface area contributed by atoms with Gasteiger partial charge in [0.25, 0.3) is 0 Å². The van der Waals surface area contributed by atoms with Crippen LogP contribution in [0, 0.1) is 13.8 Å². The van der Waals surface area contributed by atoms with Crippen LogP contribution in [0.15, 0.2) is 69.4 Å². The Morgan fingerprint density at radius 1 is 1.00 bits per heavy atom. The maximum absolute atomic E-state index is 13.0. The SMILES string of the molecule is Cc1ccc2c(C(=O)CSc3nnc(-c4ccoc4)c(-c4ccoc4)n3)c(C)[nH]c2c1. The van der Waals surface area contributed by atoms with E-state index in [9.17, 15) is 4.79 Å². The van der Waals surface area contributed by atoms with Gasteiger partial charge in [-0.15, -0.1) is 10.2 Å². The van der Waals surface area contributed by atoms with Crippen LogP contribution in [-0.4, -0.2) is 31.7 Å². The van der Waals surface area contributed by atoms with Crippen LogP contribution in [0.5, 0.6) is 0 Å². The third-order valence-electron chi connectivity index (χ3n) is 5.01. The summed E-state index contributed by atoms with van der Waals surface area (Å²) in [6.45, 7) is 3.95. The van der Waals surface area contributed by atoms with Crippen molar-refractivity contribution in [1.29, 1.82) is 0 Å². The molecule has 31 heavy (non-hydrogen) atoms. The number of fused-ring (bicyclic) bond motifs is 1. The number of H-pyrrole nitrogens is 1. The van der Waals surface area contributed by atoms with Crippen molar-refractivity contribution in [2.45, 2.75) is 19.0 Å². The molecular formula is C23H18N4O3S. The fourth-order valence-corrected chi connectivity index (χ4v) is 4.23. The van der Waals surface area contributed by atoms with E-state index >= 15 is 0 Å². The van der Waals surface area contributed by atoms with Gasteiger partial charge >= 0.3 is 0 Å². The number of thioether (sulfide) groups is 1. The summed E-state index contributed by atoms with van der Waals surface area (Å²) in [6.07, 6.45) is 6.34. The summed E-state index contributed by atoms with van der Waals surface area (Å²) in [5, 5.41) is 9.92. The standard InChI is InChI=1S/C23H18N4O3S/c1-13-3-4-17-18(9-13)24-14(2)20(17)19(28)12-31-23-25-21(15-5-7-29-10-15)22(26-27-23)16-6-8-30-11-16/h3-11,24H,12H2,1-2H3. The largest absolute Gasteiger partial charge is 0.472 e. The third-order valence-corrected chi connectivity index (χ3v) is 5.85. The molecule has 8 heteroatoms. The number of carbonyl (C=O) groups is 1. The average molecular weight is 430 g/mol. The zero-order valence-electron chi connectivity index (χ0n) is 16.9. The zero-order chi connectivity index (χ0) is 21.4. The molecule has 4 heterocycles. The Bertz CT molecular complexity index is 1370. The molecule has 0 fully saturated rings. The number of benzene rings is 1. The summed E-state index contributed by atoms with van der Waals surface area (Å²) < 4.78 is 10.4. The minimum Gasteiger partial charge on any atom is -0.472 e. The van der Waals surface area contributed by atoms with Gasteiger partial charge in [-0.25, -0.2) is 4.98 Å². The highest BCUT2D eigenvalue weighted by atomic mass is 32.2. The number of Topliss-reactive ketones (excluding diaryl/α,β-unsaturated/α-hetero) is 1. The van der Waals surface area contributed by atoms with Crippen molar-refractivity contribution < 1.29 is 13.6 Å². The first-order chi connectivity index (χ1) is 15.1. The molecule has 0 aliphatic rings. The molecule has 0 saturated carbocycles. The highest BCUT2D eigenvalue weighted by Gasteiger charge is 2.19. The van der Waals surface area contributed by atoms with E-state index in [0.29, 0.717) is 22.1 Å². The minimum atomic E-state index is 0.0185. The number of rotatable bonds is 6. The van der Waals surface area contributed by atoms with Crippen molar-refractivity contribution in [3.63, 3.8) is 0 Å². The van der Waals surface area contributed by atoms with Crippen LogP contribution in [0.2, 0.25) is 0 Å². The molecular weight excluding hydrogens is 412 g/mol. The van der Waals surface area contributed by atoms with Crippen LogP contribution in [0.1, 0.15) is 21.6 Å². The Hall–Kier alpha value is -3.65. The number of aryl methyl sites for hydroxylation is 2. The molecule has 0 atom stereocenters. The van der Waals surface area contributed by atoms with E-state index in [1.807, 2.05) is 38.1 Å². The smallest absolute Gasteiger partial charge is 0.210 e. The van der Waals surface area contributed by atoms with Crippen molar-refractivity contribution in [3.05, 3.63) is 72.2 Å². The maximum atomic E-state index is 13.0. The van der Waals surface area contributed by atoms with E-state index in [2.05, 4.69) is 20.2 Å². The molecule has 0 spiro atoms. The Kier molecular flexibility index (Phi) is 4.91. The first-order valence-electron chi connectivity index (χ1n) is 9.65. The van der Waals surface area contributed by atoms with E-state index in [0.717, 1.165) is 33.3 Å². The fraction of sp³-hybridized carbons (Fsp3) is 0.130. The lowest BCUT2D eigenvalue weighted by atomic mass is 10.1. The van der Waals surface area contributed by atoms with E-state index in [4.69, 9.17) is 8.83 Å². The third kappa shape index (κ3) is 3.66. The average Bonchev–Trinajstić information content (AvgIpc) is 3.52. The van der Waals surface area contributed by atoms with Crippen LogP contribution < -0.4 is 0 Å². The second-order valence-electron chi connectivity index (χ2n) is 7.20. The molecule has 154 valence electrons. The summed E-state index contributed by atoms with van der Waals surface area (Å²) in [5.74, 6) is 0.226. The predicted molar refractivity (Wildman–Crippen MR) is 118 cm³/mol. The lowest BCUT2D eigenvalue weighted by molar-refractivity contribution is 0.102. The minimum absolute atomic E-state index is 0.0185. The quantitative estimate of drug-likeness (QED) is 0.282. The number of aromatic nitrogens is 4. The predicted octanol–water partition coefficient (Wildman–Crippen LogP) is 5.46. The molecule has 1 N–H and O–H groups in total. The Balaban J connectivity index is 1.43. The van der Waals surface area contributed by atoms with Gasteiger partial charge in [0.15, 0.2) is 5.78 Å². The molecule has 7 nitrogen and oxygen atoms in total.